The van der Waals surface area contributed by atoms with Crippen molar-refractivity contribution in [2.45, 2.75) is 25.9 Å². The van der Waals surface area contributed by atoms with Crippen LogP contribution in [0.4, 0.5) is 4.39 Å². The summed E-state index contributed by atoms with van der Waals surface area (Å²) >= 11 is 0. The van der Waals surface area contributed by atoms with Crippen molar-refractivity contribution in [2.24, 2.45) is 0 Å². The number of aryl methyl sites for hydroxylation is 1. The van der Waals surface area contributed by atoms with E-state index in [0.717, 1.165) is 17.1 Å². The molecule has 0 bridgehead atoms. The minimum Gasteiger partial charge on any atom is -0.461 e. The highest BCUT2D eigenvalue weighted by molar-refractivity contribution is 5.57. The molecule has 1 heterocycles. The normalized spacial score (nSPS) is 12.6. The lowest BCUT2D eigenvalue weighted by molar-refractivity contribution is 0.182. The van der Waals surface area contributed by atoms with Gasteiger partial charge in [-0.1, -0.05) is 0 Å². The van der Waals surface area contributed by atoms with Crippen molar-refractivity contribution in [2.75, 3.05) is 0 Å². The van der Waals surface area contributed by atoms with Crippen molar-refractivity contribution in [3.8, 4) is 11.3 Å². The zero-order valence-corrected chi connectivity index (χ0v) is 9.69. The topological polar surface area (TPSA) is 33.4 Å². The van der Waals surface area contributed by atoms with Gasteiger partial charge in [0.2, 0.25) is 0 Å². The second-order valence-corrected chi connectivity index (χ2v) is 4.16. The van der Waals surface area contributed by atoms with Crippen molar-refractivity contribution in [3.63, 3.8) is 0 Å². The second-order valence-electron chi connectivity index (χ2n) is 4.16. The van der Waals surface area contributed by atoms with Crippen molar-refractivity contribution in [1.29, 1.82) is 0 Å². The summed E-state index contributed by atoms with van der Waals surface area (Å²) in [4.78, 5) is 0. The summed E-state index contributed by atoms with van der Waals surface area (Å²) in [5.41, 5.74) is 0.856. The Morgan fingerprint density at radius 3 is 2.53 bits per heavy atom. The van der Waals surface area contributed by atoms with E-state index >= 15 is 0 Å². The first-order valence-corrected chi connectivity index (χ1v) is 5.68. The van der Waals surface area contributed by atoms with Crippen LogP contribution < -0.4 is 0 Å². The van der Waals surface area contributed by atoms with Gasteiger partial charge >= 0.3 is 0 Å². The summed E-state index contributed by atoms with van der Waals surface area (Å²) < 4.78 is 18.4. The zero-order valence-electron chi connectivity index (χ0n) is 9.69. The van der Waals surface area contributed by atoms with E-state index in [4.69, 9.17) is 4.42 Å². The van der Waals surface area contributed by atoms with Crippen LogP contribution in [-0.2, 0) is 6.42 Å². The Hall–Kier alpha value is -1.61. The molecule has 0 saturated carbocycles. The van der Waals surface area contributed by atoms with Crippen LogP contribution >= 0.6 is 0 Å². The van der Waals surface area contributed by atoms with Crippen LogP contribution in [0.1, 0.15) is 19.1 Å². The molecule has 0 spiro atoms. The number of halogens is 1. The fourth-order valence-electron chi connectivity index (χ4n) is 1.63. The second kappa shape index (κ2) is 5.15. The van der Waals surface area contributed by atoms with Crippen molar-refractivity contribution >= 4 is 0 Å². The highest BCUT2D eigenvalue weighted by atomic mass is 19.1. The maximum Gasteiger partial charge on any atom is 0.134 e. The lowest BCUT2D eigenvalue weighted by Gasteiger charge is -2.01. The minimum absolute atomic E-state index is 0.255. The average Bonchev–Trinajstić information content (AvgIpc) is 2.76. The van der Waals surface area contributed by atoms with Gasteiger partial charge in [-0.3, -0.25) is 0 Å². The third-order valence-electron chi connectivity index (χ3n) is 2.60. The van der Waals surface area contributed by atoms with E-state index in [0.29, 0.717) is 12.8 Å². The predicted octanol–water partition coefficient (Wildman–Crippen LogP) is 3.40. The first-order valence-electron chi connectivity index (χ1n) is 5.68. The number of aliphatic hydroxyl groups excluding tert-OH is 1. The molecule has 1 aromatic heterocycles. The Balaban J connectivity index is 2.10. The molecule has 0 aliphatic carbocycles. The fraction of sp³-hybridized carbons (Fsp3) is 0.286. The Kier molecular flexibility index (Phi) is 3.59. The molecule has 2 rings (SSSR count). The predicted molar refractivity (Wildman–Crippen MR) is 64.1 cm³/mol. The molecule has 3 heteroatoms. The van der Waals surface area contributed by atoms with Crippen LogP contribution in [-0.4, -0.2) is 11.2 Å². The molecule has 2 nitrogen and oxygen atoms in total. The van der Waals surface area contributed by atoms with Gasteiger partial charge in [0.05, 0.1) is 6.10 Å². The summed E-state index contributed by atoms with van der Waals surface area (Å²) in [6.45, 7) is 1.75. The van der Waals surface area contributed by atoms with E-state index in [1.54, 1.807) is 19.1 Å². The van der Waals surface area contributed by atoms with Crippen molar-refractivity contribution < 1.29 is 13.9 Å². The highest BCUT2D eigenvalue weighted by Gasteiger charge is 2.06. The first-order chi connectivity index (χ1) is 8.15. The number of hydrogen-bond acceptors (Lipinski definition) is 2. The highest BCUT2D eigenvalue weighted by Crippen LogP contribution is 2.23. The third kappa shape index (κ3) is 3.17. The van der Waals surface area contributed by atoms with E-state index in [1.807, 2.05) is 12.1 Å². The minimum atomic E-state index is -0.325. The Labute approximate surface area is 99.7 Å². The smallest absolute Gasteiger partial charge is 0.134 e. The van der Waals surface area contributed by atoms with Gasteiger partial charge in [-0.05, 0) is 49.7 Å². The van der Waals surface area contributed by atoms with Crippen molar-refractivity contribution in [1.82, 2.24) is 0 Å². The number of aliphatic hydroxyl groups is 1. The molecule has 0 unspecified atom stereocenters. The van der Waals surface area contributed by atoms with Crippen LogP contribution in [0.5, 0.6) is 0 Å². The van der Waals surface area contributed by atoms with E-state index in [2.05, 4.69) is 0 Å². The van der Waals surface area contributed by atoms with Gasteiger partial charge in [-0.25, -0.2) is 4.39 Å². The molecule has 1 atom stereocenters. The number of rotatable bonds is 4. The largest absolute Gasteiger partial charge is 0.461 e. The summed E-state index contributed by atoms with van der Waals surface area (Å²) in [5.74, 6) is 1.31. The van der Waals surface area contributed by atoms with Gasteiger partial charge in [-0.15, -0.1) is 0 Å². The van der Waals surface area contributed by atoms with Crippen LogP contribution in [0.15, 0.2) is 40.8 Å². The van der Waals surface area contributed by atoms with Crippen LogP contribution in [0.3, 0.4) is 0 Å². The van der Waals surface area contributed by atoms with E-state index in [9.17, 15) is 9.50 Å². The number of hydrogen-bond donors (Lipinski definition) is 1. The standard InChI is InChI=1S/C14H15FO2/c1-10(16)2-7-13-8-9-14(17-13)11-3-5-12(15)6-4-11/h3-6,8-10,16H,2,7H2,1H3/t10-/m0/s1. The van der Waals surface area contributed by atoms with Gasteiger partial charge < -0.3 is 9.52 Å². The third-order valence-corrected chi connectivity index (χ3v) is 2.60. The average molecular weight is 234 g/mol. The quantitative estimate of drug-likeness (QED) is 0.879. The molecule has 0 amide bonds. The fourth-order valence-corrected chi connectivity index (χ4v) is 1.63. The van der Waals surface area contributed by atoms with E-state index in [1.165, 1.54) is 12.1 Å². The Bertz CT molecular complexity index is 471. The number of benzene rings is 1. The van der Waals surface area contributed by atoms with E-state index < -0.39 is 0 Å². The molecule has 90 valence electrons. The van der Waals surface area contributed by atoms with Gasteiger partial charge in [-0.2, -0.15) is 0 Å². The molecule has 17 heavy (non-hydrogen) atoms. The maximum atomic E-state index is 12.8. The molecule has 0 radical (unpaired) electrons. The zero-order chi connectivity index (χ0) is 12.3. The molecule has 2 aromatic rings. The number of furan rings is 1. The van der Waals surface area contributed by atoms with Gasteiger partial charge in [0.15, 0.2) is 0 Å². The van der Waals surface area contributed by atoms with Gasteiger partial charge in [0.1, 0.15) is 17.3 Å². The molecule has 0 aliphatic rings. The summed E-state index contributed by atoms with van der Waals surface area (Å²) in [5, 5.41) is 9.18. The summed E-state index contributed by atoms with van der Waals surface area (Å²) in [6.07, 6.45) is 1.06. The Morgan fingerprint density at radius 2 is 1.88 bits per heavy atom. The lowest BCUT2D eigenvalue weighted by Crippen LogP contribution is -2.00. The van der Waals surface area contributed by atoms with Crippen LogP contribution in [0, 0.1) is 5.82 Å². The van der Waals surface area contributed by atoms with E-state index in [-0.39, 0.29) is 11.9 Å². The lowest BCUT2D eigenvalue weighted by atomic mass is 10.2. The van der Waals surface area contributed by atoms with Crippen molar-refractivity contribution in [3.05, 3.63) is 48.0 Å². The van der Waals surface area contributed by atoms with Gasteiger partial charge in [0.25, 0.3) is 0 Å². The molecular formula is C14H15FO2. The molecule has 0 aliphatic heterocycles. The molecule has 1 aromatic carbocycles. The monoisotopic (exact) mass is 234 g/mol. The van der Waals surface area contributed by atoms with Crippen LogP contribution in [0.25, 0.3) is 11.3 Å². The summed E-state index contributed by atoms with van der Waals surface area (Å²) in [7, 11) is 0. The first kappa shape index (κ1) is 11.9. The SMILES string of the molecule is C[C@H](O)CCc1ccc(-c2ccc(F)cc2)o1. The molecule has 0 fully saturated rings. The Morgan fingerprint density at radius 1 is 1.18 bits per heavy atom. The van der Waals surface area contributed by atoms with Gasteiger partial charge in [0, 0.05) is 12.0 Å². The summed E-state index contributed by atoms with van der Waals surface area (Å²) in [6, 6.07) is 9.95. The van der Waals surface area contributed by atoms with Crippen LogP contribution in [0.2, 0.25) is 0 Å². The molecule has 0 saturated heterocycles. The molecule has 1 N–H and O–H groups in total. The molecular weight excluding hydrogens is 219 g/mol. The maximum absolute atomic E-state index is 12.8.